The number of aromatic nitrogens is 2. The Labute approximate surface area is 174 Å². The fraction of sp³-hybridized carbons (Fsp3) is 0.571. The van der Waals surface area contributed by atoms with Crippen LogP contribution in [0.15, 0.2) is 28.0 Å². The third-order valence-electron chi connectivity index (χ3n) is 7.29. The van der Waals surface area contributed by atoms with Gasteiger partial charge in [0.2, 0.25) is 0 Å². The van der Waals surface area contributed by atoms with E-state index < -0.39 is 9.73 Å². The minimum Gasteiger partial charge on any atom is -0.411 e. The molecule has 0 saturated heterocycles. The minimum absolute atomic E-state index is 0.0334. The standard InChI is InChI=1S/C21H25FN4O3S/c1-30(23,28)16-10-21(11-16)8-12(9-21)4-19-20(26-29-25-19)18(24-27)6-14-5-13-2-3-15(22)7-17(13)14/h2-3,7,12,14,16,23,27H,4-6,8-11H2,1H3/b24-18-/t12?,14-,16?,21?,30?/m0/s1. The number of fused-ring (bicyclic) bond motifs is 1. The Hall–Kier alpha value is -2.29. The van der Waals surface area contributed by atoms with Gasteiger partial charge in [-0.25, -0.2) is 13.2 Å². The van der Waals surface area contributed by atoms with E-state index in [1.54, 1.807) is 18.4 Å². The maximum absolute atomic E-state index is 13.5. The van der Waals surface area contributed by atoms with E-state index in [4.69, 9.17) is 9.41 Å². The van der Waals surface area contributed by atoms with Crippen molar-refractivity contribution in [3.63, 3.8) is 0 Å². The summed E-state index contributed by atoms with van der Waals surface area (Å²) < 4.78 is 38.1. The molecule has 30 heavy (non-hydrogen) atoms. The number of benzene rings is 1. The second-order valence-electron chi connectivity index (χ2n) is 9.47. The van der Waals surface area contributed by atoms with Crippen LogP contribution in [0.5, 0.6) is 0 Å². The van der Waals surface area contributed by atoms with E-state index in [1.807, 2.05) is 0 Å². The van der Waals surface area contributed by atoms with Crippen LogP contribution in [-0.2, 0) is 22.6 Å². The van der Waals surface area contributed by atoms with Crippen LogP contribution >= 0.6 is 0 Å². The number of hydrogen-bond donors (Lipinski definition) is 2. The molecular weight excluding hydrogens is 407 g/mol. The fourth-order valence-electron chi connectivity index (χ4n) is 5.68. The molecule has 0 bridgehead atoms. The highest BCUT2D eigenvalue weighted by molar-refractivity contribution is 7.92. The first-order valence-electron chi connectivity index (χ1n) is 10.3. The van der Waals surface area contributed by atoms with Crippen LogP contribution in [0.3, 0.4) is 0 Å². The van der Waals surface area contributed by atoms with Crippen molar-refractivity contribution in [2.24, 2.45) is 16.5 Å². The van der Waals surface area contributed by atoms with Crippen molar-refractivity contribution in [2.75, 3.05) is 6.26 Å². The zero-order chi connectivity index (χ0) is 21.1. The monoisotopic (exact) mass is 432 g/mol. The van der Waals surface area contributed by atoms with Gasteiger partial charge in [-0.15, -0.1) is 0 Å². The molecule has 1 heterocycles. The first-order chi connectivity index (χ1) is 14.3. The average molecular weight is 433 g/mol. The lowest BCUT2D eigenvalue weighted by Gasteiger charge is -2.57. The van der Waals surface area contributed by atoms with E-state index in [0.29, 0.717) is 35.9 Å². The van der Waals surface area contributed by atoms with Crippen molar-refractivity contribution in [1.29, 1.82) is 4.78 Å². The van der Waals surface area contributed by atoms with Crippen molar-refractivity contribution in [2.45, 2.75) is 56.1 Å². The molecule has 2 aromatic rings. The molecule has 0 radical (unpaired) electrons. The number of hydrogen-bond acceptors (Lipinski definition) is 7. The fourth-order valence-corrected chi connectivity index (χ4v) is 7.02. The Bertz CT molecular complexity index is 1110. The molecule has 9 heteroatoms. The Morgan fingerprint density at radius 3 is 2.83 bits per heavy atom. The predicted octanol–water partition coefficient (Wildman–Crippen LogP) is 3.89. The summed E-state index contributed by atoms with van der Waals surface area (Å²) in [5.41, 5.74) is 3.93. The third kappa shape index (κ3) is 3.33. The number of rotatable bonds is 6. The number of nitrogens with one attached hydrogen (secondary N) is 1. The average Bonchev–Trinajstić information content (AvgIpc) is 3.05. The Balaban J connectivity index is 1.21. The summed E-state index contributed by atoms with van der Waals surface area (Å²) in [4.78, 5) is 0. The van der Waals surface area contributed by atoms with Gasteiger partial charge in [0, 0.05) is 27.7 Å². The molecule has 1 unspecified atom stereocenters. The van der Waals surface area contributed by atoms with E-state index in [1.165, 1.54) is 6.07 Å². The normalized spacial score (nSPS) is 31.9. The van der Waals surface area contributed by atoms with E-state index in [2.05, 4.69) is 15.5 Å². The van der Waals surface area contributed by atoms with Gasteiger partial charge in [-0.2, -0.15) is 0 Å². The van der Waals surface area contributed by atoms with Gasteiger partial charge in [-0.05, 0) is 84.2 Å². The van der Waals surface area contributed by atoms with Crippen molar-refractivity contribution >= 4 is 15.4 Å². The summed E-state index contributed by atoms with van der Waals surface area (Å²) in [7, 11) is -2.44. The van der Waals surface area contributed by atoms with Crippen molar-refractivity contribution in [3.8, 4) is 0 Å². The summed E-state index contributed by atoms with van der Waals surface area (Å²) in [6, 6.07) is 4.81. The molecule has 1 aromatic heterocycles. The molecule has 3 aliphatic carbocycles. The number of halogens is 1. The third-order valence-corrected chi connectivity index (χ3v) is 8.89. The zero-order valence-electron chi connectivity index (χ0n) is 16.8. The van der Waals surface area contributed by atoms with Crippen LogP contribution in [0.1, 0.15) is 60.5 Å². The zero-order valence-corrected chi connectivity index (χ0v) is 17.6. The molecule has 1 aromatic carbocycles. The van der Waals surface area contributed by atoms with Crippen molar-refractivity contribution in [3.05, 3.63) is 46.5 Å². The Kier molecular flexibility index (Phi) is 4.50. The van der Waals surface area contributed by atoms with Gasteiger partial charge in [-0.3, -0.25) is 4.78 Å². The summed E-state index contributed by atoms with van der Waals surface area (Å²) in [6.07, 6.45) is 7.34. The van der Waals surface area contributed by atoms with Crippen LogP contribution in [-0.4, -0.2) is 36.9 Å². The van der Waals surface area contributed by atoms with Crippen molar-refractivity contribution in [1.82, 2.24) is 10.3 Å². The molecular formula is C21H25FN4O3S. The van der Waals surface area contributed by atoms with Crippen LogP contribution in [0.25, 0.3) is 0 Å². The van der Waals surface area contributed by atoms with Gasteiger partial charge in [0.25, 0.3) is 0 Å². The largest absolute Gasteiger partial charge is 0.411 e. The van der Waals surface area contributed by atoms with E-state index in [9.17, 15) is 13.8 Å². The molecule has 0 amide bonds. The van der Waals surface area contributed by atoms with E-state index in [0.717, 1.165) is 43.2 Å². The van der Waals surface area contributed by atoms with Gasteiger partial charge >= 0.3 is 0 Å². The summed E-state index contributed by atoms with van der Waals surface area (Å²) in [6.45, 7) is 0. The molecule has 2 N–H and O–H groups in total. The van der Waals surface area contributed by atoms with E-state index in [-0.39, 0.29) is 22.4 Å². The SMILES string of the molecule is CS(=N)(=O)C1CC2(CC(Cc3nonc3/C(C[C@@H]3Cc4ccc(F)cc43)=N\O)C2)C1. The van der Waals surface area contributed by atoms with Gasteiger partial charge in [-0.1, -0.05) is 16.4 Å². The lowest BCUT2D eigenvalue weighted by atomic mass is 9.51. The quantitative estimate of drug-likeness (QED) is 0.408. The van der Waals surface area contributed by atoms with Gasteiger partial charge in [0.1, 0.15) is 17.2 Å². The van der Waals surface area contributed by atoms with Crippen LogP contribution in [0.4, 0.5) is 4.39 Å². The maximum atomic E-state index is 13.5. The second kappa shape index (κ2) is 6.87. The van der Waals surface area contributed by atoms with E-state index >= 15 is 0 Å². The molecule has 2 atom stereocenters. The first kappa shape index (κ1) is 19.7. The summed E-state index contributed by atoms with van der Waals surface area (Å²) in [5.74, 6) is 0.277. The van der Waals surface area contributed by atoms with Crippen LogP contribution in [0.2, 0.25) is 0 Å². The molecule has 2 fully saturated rings. The summed E-state index contributed by atoms with van der Waals surface area (Å²) >= 11 is 0. The van der Waals surface area contributed by atoms with Crippen LogP contribution in [0, 0.1) is 21.9 Å². The molecule has 2 saturated carbocycles. The number of nitrogens with zero attached hydrogens (tertiary/aromatic N) is 3. The molecule has 1 spiro atoms. The summed E-state index contributed by atoms with van der Waals surface area (Å²) in [5, 5.41) is 21.1. The second-order valence-corrected chi connectivity index (χ2v) is 11.9. The maximum Gasteiger partial charge on any atom is 0.155 e. The highest BCUT2D eigenvalue weighted by Crippen LogP contribution is 2.60. The topological polar surface area (TPSA) is 112 Å². The Morgan fingerprint density at radius 2 is 2.13 bits per heavy atom. The predicted molar refractivity (Wildman–Crippen MR) is 109 cm³/mol. The highest BCUT2D eigenvalue weighted by atomic mass is 32.2. The molecule has 5 rings (SSSR count). The van der Waals surface area contributed by atoms with Gasteiger partial charge in [0.15, 0.2) is 5.69 Å². The minimum atomic E-state index is -2.44. The molecule has 7 nitrogen and oxygen atoms in total. The lowest BCUT2D eigenvalue weighted by Crippen LogP contribution is -2.52. The smallest absolute Gasteiger partial charge is 0.155 e. The Morgan fingerprint density at radius 1 is 1.37 bits per heavy atom. The molecule has 160 valence electrons. The first-order valence-corrected chi connectivity index (χ1v) is 12.3. The highest BCUT2D eigenvalue weighted by Gasteiger charge is 2.54. The number of oxime groups is 1. The molecule has 0 aliphatic heterocycles. The van der Waals surface area contributed by atoms with Crippen LogP contribution < -0.4 is 0 Å². The lowest BCUT2D eigenvalue weighted by molar-refractivity contribution is -0.0205. The van der Waals surface area contributed by atoms with Crippen molar-refractivity contribution < 1.29 is 18.4 Å². The van der Waals surface area contributed by atoms with Gasteiger partial charge in [0.05, 0.1) is 0 Å². The molecule has 3 aliphatic rings. The van der Waals surface area contributed by atoms with Gasteiger partial charge < -0.3 is 5.21 Å².